The van der Waals surface area contributed by atoms with E-state index >= 15 is 0 Å². The van der Waals surface area contributed by atoms with Crippen molar-refractivity contribution in [2.75, 3.05) is 18.1 Å². The molecular weight excluding hydrogens is 893 g/mol. The maximum absolute atomic E-state index is 14.7. The smallest absolute Gasteiger partial charge is 0.338 e. The summed E-state index contributed by atoms with van der Waals surface area (Å²) in [4.78, 5) is 58.2. The summed E-state index contributed by atoms with van der Waals surface area (Å²) >= 11 is 2.95. The minimum absolute atomic E-state index is 0.173. The van der Waals surface area contributed by atoms with Gasteiger partial charge in [-0.15, -0.1) is 23.5 Å². The molecular formula is C57H52O9S2. The van der Waals surface area contributed by atoms with E-state index < -0.39 is 65.1 Å². The van der Waals surface area contributed by atoms with Crippen LogP contribution in [0.4, 0.5) is 0 Å². The van der Waals surface area contributed by atoms with Crippen molar-refractivity contribution >= 4 is 47.4 Å². The molecule has 0 bridgehead atoms. The minimum Gasteiger partial charge on any atom is -0.453 e. The van der Waals surface area contributed by atoms with E-state index in [9.17, 15) is 19.2 Å². The fourth-order valence-electron chi connectivity index (χ4n) is 7.77. The molecule has 0 aromatic heterocycles. The summed E-state index contributed by atoms with van der Waals surface area (Å²) in [5, 5.41) is 0. The molecule has 9 nitrogen and oxygen atoms in total. The van der Waals surface area contributed by atoms with Gasteiger partial charge >= 0.3 is 23.9 Å². The standard InChI is InChI=1S/C57H52O9S2/c1-3-67-56(68-4-2)51(66-55(61)44-32-18-8-19-33-44)50(65-54(60)43-30-16-7-17-31-43)49(64-53(59)42-28-14-6-15-29-42)48(63-52(58)41-26-12-5-13-27-41)40-62-57(45-34-20-9-21-35-45,46-36-22-10-23-37-46)47-38-24-11-25-39-47/h5-39,48-51,56H,3-4,40H2,1-2H3/t48-,49-,50-,51+/m1/s1. The van der Waals surface area contributed by atoms with Gasteiger partial charge in [0.25, 0.3) is 0 Å². The van der Waals surface area contributed by atoms with Gasteiger partial charge in [-0.25, -0.2) is 19.2 Å². The second kappa shape index (κ2) is 24.7. The van der Waals surface area contributed by atoms with Crippen molar-refractivity contribution in [2.45, 2.75) is 48.4 Å². The highest BCUT2D eigenvalue weighted by Crippen LogP contribution is 2.42. The van der Waals surface area contributed by atoms with E-state index in [-0.39, 0.29) is 22.3 Å². The van der Waals surface area contributed by atoms with Gasteiger partial charge < -0.3 is 23.7 Å². The first-order chi connectivity index (χ1) is 33.3. The summed E-state index contributed by atoms with van der Waals surface area (Å²) in [5.41, 5.74) is 1.73. The van der Waals surface area contributed by atoms with Crippen LogP contribution in [-0.4, -0.2) is 71.0 Å². The lowest BCUT2D eigenvalue weighted by Crippen LogP contribution is -2.56. The number of hydrogen-bond donors (Lipinski definition) is 0. The Kier molecular flexibility index (Phi) is 17.8. The molecule has 0 N–H and O–H groups in total. The minimum atomic E-state index is -1.67. The quantitative estimate of drug-likeness (QED) is 0.0280. The van der Waals surface area contributed by atoms with E-state index in [0.29, 0.717) is 11.5 Å². The molecule has 346 valence electrons. The Labute approximate surface area is 406 Å². The number of carbonyl (C=O) groups is 4. The van der Waals surface area contributed by atoms with Gasteiger partial charge in [0, 0.05) is 0 Å². The molecule has 0 aliphatic carbocycles. The van der Waals surface area contributed by atoms with Crippen molar-refractivity contribution in [3.63, 3.8) is 0 Å². The maximum Gasteiger partial charge on any atom is 0.338 e. The van der Waals surface area contributed by atoms with Crippen molar-refractivity contribution in [2.24, 2.45) is 0 Å². The topological polar surface area (TPSA) is 114 Å². The second-order valence-corrected chi connectivity index (χ2v) is 18.5. The van der Waals surface area contributed by atoms with Crippen LogP contribution in [0.25, 0.3) is 0 Å². The summed E-state index contributed by atoms with van der Waals surface area (Å²) in [6, 6.07) is 62.5. The lowest BCUT2D eigenvalue weighted by molar-refractivity contribution is -0.142. The van der Waals surface area contributed by atoms with Crippen LogP contribution in [0.15, 0.2) is 212 Å². The van der Waals surface area contributed by atoms with E-state index in [1.807, 2.05) is 105 Å². The van der Waals surface area contributed by atoms with Crippen LogP contribution in [0.2, 0.25) is 0 Å². The largest absolute Gasteiger partial charge is 0.453 e. The van der Waals surface area contributed by atoms with E-state index in [1.54, 1.807) is 121 Å². The third-order valence-electron chi connectivity index (χ3n) is 11.0. The molecule has 7 aromatic rings. The first kappa shape index (κ1) is 49.0. The first-order valence-electron chi connectivity index (χ1n) is 22.4. The van der Waals surface area contributed by atoms with Crippen LogP contribution in [-0.2, 0) is 29.3 Å². The Morgan fingerprint density at radius 2 is 0.662 bits per heavy atom. The Bertz CT molecular complexity index is 2540. The van der Waals surface area contributed by atoms with Crippen molar-refractivity contribution in [1.29, 1.82) is 0 Å². The normalized spacial score (nSPS) is 13.0. The van der Waals surface area contributed by atoms with Gasteiger partial charge in [0.15, 0.2) is 24.4 Å². The van der Waals surface area contributed by atoms with Crippen LogP contribution in [0, 0.1) is 0 Å². The highest BCUT2D eigenvalue weighted by atomic mass is 32.2. The highest BCUT2D eigenvalue weighted by Gasteiger charge is 2.49. The van der Waals surface area contributed by atoms with E-state index in [1.165, 1.54) is 23.5 Å². The fourth-order valence-corrected chi connectivity index (χ4v) is 10.4. The van der Waals surface area contributed by atoms with E-state index in [2.05, 4.69) is 0 Å². The molecule has 68 heavy (non-hydrogen) atoms. The number of esters is 4. The summed E-state index contributed by atoms with van der Waals surface area (Å²) in [6.45, 7) is 3.50. The number of thioether (sulfide) groups is 2. The number of benzene rings is 7. The summed E-state index contributed by atoms with van der Waals surface area (Å²) in [5.74, 6) is -1.91. The molecule has 0 amide bonds. The molecule has 0 saturated heterocycles. The average molecular weight is 945 g/mol. The van der Waals surface area contributed by atoms with Crippen LogP contribution in [0.1, 0.15) is 72.0 Å². The lowest BCUT2D eigenvalue weighted by atomic mass is 9.80. The average Bonchev–Trinajstić information content (AvgIpc) is 3.40. The van der Waals surface area contributed by atoms with Crippen LogP contribution >= 0.6 is 23.5 Å². The van der Waals surface area contributed by atoms with Crippen molar-refractivity contribution in [3.8, 4) is 0 Å². The number of hydrogen-bond acceptors (Lipinski definition) is 11. The van der Waals surface area contributed by atoms with Crippen LogP contribution in [0.3, 0.4) is 0 Å². The van der Waals surface area contributed by atoms with Gasteiger partial charge in [-0.1, -0.05) is 178 Å². The molecule has 11 heteroatoms. The maximum atomic E-state index is 14.7. The summed E-state index contributed by atoms with van der Waals surface area (Å²) < 4.78 is 33.1. The van der Waals surface area contributed by atoms with Gasteiger partial charge in [-0.2, -0.15) is 0 Å². The summed E-state index contributed by atoms with van der Waals surface area (Å²) in [6.07, 6.45) is -6.12. The Morgan fingerprint density at radius 3 is 0.985 bits per heavy atom. The zero-order valence-electron chi connectivity index (χ0n) is 37.7. The van der Waals surface area contributed by atoms with E-state index in [4.69, 9.17) is 23.7 Å². The zero-order chi connectivity index (χ0) is 47.6. The third kappa shape index (κ3) is 12.3. The van der Waals surface area contributed by atoms with Crippen molar-refractivity contribution in [3.05, 3.63) is 251 Å². The zero-order valence-corrected chi connectivity index (χ0v) is 39.3. The first-order valence-corrected chi connectivity index (χ1v) is 24.5. The lowest BCUT2D eigenvalue weighted by Gasteiger charge is -2.41. The van der Waals surface area contributed by atoms with Crippen molar-refractivity contribution < 1.29 is 42.9 Å². The Hall–Kier alpha value is -6.92. The molecule has 0 heterocycles. The van der Waals surface area contributed by atoms with Gasteiger partial charge in [-0.05, 0) is 76.7 Å². The van der Waals surface area contributed by atoms with Crippen molar-refractivity contribution in [1.82, 2.24) is 0 Å². The molecule has 4 atom stereocenters. The molecule has 0 saturated carbocycles. The third-order valence-corrected chi connectivity index (χ3v) is 13.7. The predicted octanol–water partition coefficient (Wildman–Crippen LogP) is 11.7. The Balaban J connectivity index is 1.46. The number of carbonyl (C=O) groups excluding carboxylic acids is 4. The molecule has 0 spiro atoms. The molecule has 7 aromatic carbocycles. The molecule has 0 aliphatic heterocycles. The predicted molar refractivity (Wildman–Crippen MR) is 268 cm³/mol. The molecule has 0 unspecified atom stereocenters. The Morgan fingerprint density at radius 1 is 0.382 bits per heavy atom. The van der Waals surface area contributed by atoms with Gasteiger partial charge in [0.1, 0.15) is 5.60 Å². The second-order valence-electron chi connectivity index (χ2n) is 15.4. The fraction of sp³-hybridized carbons (Fsp3) is 0.193. The van der Waals surface area contributed by atoms with Gasteiger partial charge in [-0.3, -0.25) is 0 Å². The molecule has 7 rings (SSSR count). The van der Waals surface area contributed by atoms with Gasteiger partial charge in [0.2, 0.25) is 0 Å². The molecule has 0 aliphatic rings. The number of rotatable bonds is 22. The van der Waals surface area contributed by atoms with Crippen LogP contribution in [0.5, 0.6) is 0 Å². The van der Waals surface area contributed by atoms with E-state index in [0.717, 1.165) is 16.7 Å². The van der Waals surface area contributed by atoms with Crippen LogP contribution < -0.4 is 0 Å². The summed E-state index contributed by atoms with van der Waals surface area (Å²) in [7, 11) is 0. The monoisotopic (exact) mass is 944 g/mol. The van der Waals surface area contributed by atoms with Gasteiger partial charge in [0.05, 0.1) is 33.4 Å². The highest BCUT2D eigenvalue weighted by molar-refractivity contribution is 8.17. The molecule has 0 radical (unpaired) electrons. The molecule has 0 fully saturated rings. The number of ether oxygens (including phenoxy) is 5. The SMILES string of the molecule is CCSC(SCC)[C@@H](OC(=O)c1ccccc1)[C@H](OC(=O)c1ccccc1)[C@H](OC(=O)c1ccccc1)[C@@H](COC(c1ccccc1)(c1ccccc1)c1ccccc1)OC(=O)c1ccccc1.